The van der Waals surface area contributed by atoms with Gasteiger partial charge in [-0.3, -0.25) is 4.79 Å². The Labute approximate surface area is 178 Å². The molecule has 1 aliphatic rings. The quantitative estimate of drug-likeness (QED) is 0.618. The van der Waals surface area contributed by atoms with Crippen molar-refractivity contribution in [1.82, 2.24) is 14.8 Å². The second-order valence-corrected chi connectivity index (χ2v) is 8.14. The summed E-state index contributed by atoms with van der Waals surface area (Å²) in [5.41, 5.74) is 3.50. The summed E-state index contributed by atoms with van der Waals surface area (Å²) in [6.45, 7) is 3.96. The van der Waals surface area contributed by atoms with Crippen molar-refractivity contribution in [2.24, 2.45) is 7.05 Å². The summed E-state index contributed by atoms with van der Waals surface area (Å²) in [7, 11) is 3.73. The topological polar surface area (TPSA) is 46.5 Å². The van der Waals surface area contributed by atoms with Gasteiger partial charge in [0, 0.05) is 49.6 Å². The van der Waals surface area contributed by atoms with Gasteiger partial charge < -0.3 is 19.5 Å². The van der Waals surface area contributed by atoms with Crippen molar-refractivity contribution >= 4 is 16.8 Å². The summed E-state index contributed by atoms with van der Waals surface area (Å²) in [5.74, 6) is 0.919. The van der Waals surface area contributed by atoms with E-state index in [1.165, 1.54) is 29.3 Å². The summed E-state index contributed by atoms with van der Waals surface area (Å²) < 4.78 is 7.47. The first kappa shape index (κ1) is 20.5. The van der Waals surface area contributed by atoms with E-state index in [9.17, 15) is 4.79 Å². The Hall–Kier alpha value is -2.79. The van der Waals surface area contributed by atoms with E-state index in [-0.39, 0.29) is 11.8 Å². The van der Waals surface area contributed by atoms with Crippen LogP contribution < -0.4 is 10.1 Å². The Morgan fingerprint density at radius 2 is 1.83 bits per heavy atom. The van der Waals surface area contributed by atoms with Crippen molar-refractivity contribution in [3.8, 4) is 5.75 Å². The Bertz CT molecular complexity index is 987. The average Bonchev–Trinajstić information content (AvgIpc) is 3.41. The molecule has 0 radical (unpaired) electrons. The third kappa shape index (κ3) is 4.51. The highest BCUT2D eigenvalue weighted by molar-refractivity contribution is 5.86. The molecular formula is C25H31N3O2. The second-order valence-electron chi connectivity index (χ2n) is 8.14. The smallest absolute Gasteiger partial charge is 0.220 e. The lowest BCUT2D eigenvalue weighted by Gasteiger charge is -2.19. The van der Waals surface area contributed by atoms with Crippen molar-refractivity contribution in [3.05, 3.63) is 65.9 Å². The van der Waals surface area contributed by atoms with E-state index in [2.05, 4.69) is 64.4 Å². The van der Waals surface area contributed by atoms with E-state index < -0.39 is 0 Å². The maximum absolute atomic E-state index is 12.9. The van der Waals surface area contributed by atoms with Gasteiger partial charge in [-0.25, -0.2) is 0 Å². The first-order valence-electron chi connectivity index (χ1n) is 10.8. The number of carbonyl (C=O) groups is 1. The van der Waals surface area contributed by atoms with Crippen LogP contribution in [0.15, 0.2) is 54.7 Å². The van der Waals surface area contributed by atoms with Gasteiger partial charge in [0.2, 0.25) is 5.91 Å². The highest BCUT2D eigenvalue weighted by Gasteiger charge is 2.22. The number of nitrogens with zero attached hydrogens (tertiary/aromatic N) is 2. The van der Waals surface area contributed by atoms with Crippen molar-refractivity contribution in [2.45, 2.75) is 25.2 Å². The third-order valence-corrected chi connectivity index (χ3v) is 6.16. The highest BCUT2D eigenvalue weighted by Crippen LogP contribution is 2.35. The summed E-state index contributed by atoms with van der Waals surface area (Å²) in [5, 5.41) is 4.34. The predicted molar refractivity (Wildman–Crippen MR) is 121 cm³/mol. The number of likely N-dealkylation sites (tertiary alicyclic amines) is 1. The maximum atomic E-state index is 12.9. The van der Waals surface area contributed by atoms with Crippen LogP contribution in [0.5, 0.6) is 5.75 Å². The standard InChI is InChI=1S/C25H31N3O2/c1-27-18-23(21-7-3-4-8-24(21)27)22(19-9-11-20(30-2)12-10-19)17-25(29)26-13-16-28-14-5-6-15-28/h3-4,7-12,18,22H,5-6,13-17H2,1-2H3,(H,26,29). The van der Waals surface area contributed by atoms with E-state index in [0.29, 0.717) is 13.0 Å². The average molecular weight is 406 g/mol. The number of hydrogen-bond acceptors (Lipinski definition) is 3. The molecule has 1 aromatic heterocycles. The highest BCUT2D eigenvalue weighted by atomic mass is 16.5. The van der Waals surface area contributed by atoms with Gasteiger partial charge in [0.05, 0.1) is 7.11 Å². The normalized spacial score (nSPS) is 15.4. The van der Waals surface area contributed by atoms with Crippen LogP contribution in [-0.4, -0.2) is 48.7 Å². The molecule has 1 aliphatic heterocycles. The Morgan fingerprint density at radius 1 is 1.10 bits per heavy atom. The largest absolute Gasteiger partial charge is 0.497 e. The molecule has 0 aliphatic carbocycles. The van der Waals surface area contributed by atoms with Crippen LogP contribution in [-0.2, 0) is 11.8 Å². The van der Waals surface area contributed by atoms with Crippen molar-refractivity contribution in [1.29, 1.82) is 0 Å². The number of aromatic nitrogens is 1. The minimum atomic E-state index is -0.00575. The van der Waals surface area contributed by atoms with Crippen LogP contribution >= 0.6 is 0 Å². The van der Waals surface area contributed by atoms with E-state index in [4.69, 9.17) is 4.74 Å². The zero-order chi connectivity index (χ0) is 20.9. The first-order chi connectivity index (χ1) is 14.7. The van der Waals surface area contributed by atoms with E-state index in [1.54, 1.807) is 7.11 Å². The van der Waals surface area contributed by atoms with Gasteiger partial charge in [0.15, 0.2) is 0 Å². The molecule has 2 aromatic carbocycles. The molecule has 1 saturated heterocycles. The van der Waals surface area contributed by atoms with Gasteiger partial charge in [-0.15, -0.1) is 0 Å². The molecule has 3 aromatic rings. The molecule has 5 heteroatoms. The molecule has 158 valence electrons. The maximum Gasteiger partial charge on any atom is 0.220 e. The summed E-state index contributed by atoms with van der Waals surface area (Å²) in [6.07, 6.45) is 5.14. The van der Waals surface area contributed by atoms with E-state index in [0.717, 1.165) is 30.9 Å². The van der Waals surface area contributed by atoms with Crippen molar-refractivity contribution < 1.29 is 9.53 Å². The Morgan fingerprint density at radius 3 is 2.57 bits per heavy atom. The lowest BCUT2D eigenvalue weighted by atomic mass is 9.88. The minimum absolute atomic E-state index is 0.00575. The number of fused-ring (bicyclic) bond motifs is 1. The molecule has 1 fully saturated rings. The molecule has 1 unspecified atom stereocenters. The van der Waals surface area contributed by atoms with Crippen molar-refractivity contribution in [3.63, 3.8) is 0 Å². The number of methoxy groups -OCH3 is 1. The molecule has 1 N–H and O–H groups in total. The lowest BCUT2D eigenvalue weighted by molar-refractivity contribution is -0.121. The first-order valence-corrected chi connectivity index (χ1v) is 10.8. The van der Waals surface area contributed by atoms with Crippen LogP contribution in [0.1, 0.15) is 36.3 Å². The number of amides is 1. The zero-order valence-corrected chi connectivity index (χ0v) is 17.9. The zero-order valence-electron chi connectivity index (χ0n) is 17.9. The fraction of sp³-hybridized carbons (Fsp3) is 0.400. The SMILES string of the molecule is COc1ccc(C(CC(=O)NCCN2CCCC2)c2cn(C)c3ccccc23)cc1. The fourth-order valence-electron chi connectivity index (χ4n) is 4.51. The number of ether oxygens (including phenoxy) is 1. The number of nitrogens with one attached hydrogen (secondary N) is 1. The molecule has 2 heterocycles. The monoisotopic (exact) mass is 405 g/mol. The minimum Gasteiger partial charge on any atom is -0.497 e. The number of benzene rings is 2. The number of aryl methyl sites for hydroxylation is 1. The molecule has 1 atom stereocenters. The second kappa shape index (κ2) is 9.35. The summed E-state index contributed by atoms with van der Waals surface area (Å²) >= 11 is 0. The van der Waals surface area contributed by atoms with Crippen molar-refractivity contribution in [2.75, 3.05) is 33.3 Å². The number of para-hydroxylation sites is 1. The third-order valence-electron chi connectivity index (χ3n) is 6.16. The van der Waals surface area contributed by atoms with Gasteiger partial charge >= 0.3 is 0 Å². The van der Waals surface area contributed by atoms with Crippen LogP contribution in [0.25, 0.3) is 10.9 Å². The molecule has 5 nitrogen and oxygen atoms in total. The number of hydrogen-bond donors (Lipinski definition) is 1. The fourth-order valence-corrected chi connectivity index (χ4v) is 4.51. The lowest BCUT2D eigenvalue weighted by Crippen LogP contribution is -2.34. The number of rotatable bonds is 8. The predicted octanol–water partition coefficient (Wildman–Crippen LogP) is 3.92. The van der Waals surface area contributed by atoms with Crippen LogP contribution in [0.2, 0.25) is 0 Å². The van der Waals surface area contributed by atoms with E-state index >= 15 is 0 Å². The molecule has 0 saturated carbocycles. The Kier molecular flexibility index (Phi) is 6.38. The summed E-state index contributed by atoms with van der Waals surface area (Å²) in [4.78, 5) is 15.3. The molecule has 0 bridgehead atoms. The van der Waals surface area contributed by atoms with E-state index in [1.807, 2.05) is 12.1 Å². The molecule has 0 spiro atoms. The van der Waals surface area contributed by atoms with Crippen LogP contribution in [0.4, 0.5) is 0 Å². The van der Waals surface area contributed by atoms with Gasteiger partial charge in [-0.1, -0.05) is 30.3 Å². The summed E-state index contributed by atoms with van der Waals surface area (Å²) in [6, 6.07) is 16.5. The number of carbonyl (C=O) groups excluding carboxylic acids is 1. The Balaban J connectivity index is 1.56. The molecular weight excluding hydrogens is 374 g/mol. The molecule has 30 heavy (non-hydrogen) atoms. The van der Waals surface area contributed by atoms with Gasteiger partial charge in [0.1, 0.15) is 5.75 Å². The molecule has 1 amide bonds. The van der Waals surface area contributed by atoms with Crippen LogP contribution in [0, 0.1) is 0 Å². The van der Waals surface area contributed by atoms with Gasteiger partial charge in [0.25, 0.3) is 0 Å². The van der Waals surface area contributed by atoms with Gasteiger partial charge in [-0.2, -0.15) is 0 Å². The van der Waals surface area contributed by atoms with Gasteiger partial charge in [-0.05, 0) is 55.3 Å². The molecule has 4 rings (SSSR count). The van der Waals surface area contributed by atoms with Crippen LogP contribution in [0.3, 0.4) is 0 Å².